The highest BCUT2D eigenvalue weighted by Crippen LogP contribution is 2.37. The molecule has 2 aliphatic rings. The number of methoxy groups -OCH3 is 1. The van der Waals surface area contributed by atoms with E-state index in [0.717, 1.165) is 42.7 Å². The van der Waals surface area contributed by atoms with Crippen molar-refractivity contribution in [3.63, 3.8) is 0 Å². The lowest BCUT2D eigenvalue weighted by Gasteiger charge is -2.20. The molecule has 6 nitrogen and oxygen atoms in total. The lowest BCUT2D eigenvalue weighted by molar-refractivity contribution is -0.134. The van der Waals surface area contributed by atoms with Gasteiger partial charge in [-0.15, -0.1) is 0 Å². The lowest BCUT2D eigenvalue weighted by Crippen LogP contribution is -2.37. The van der Waals surface area contributed by atoms with E-state index in [0.29, 0.717) is 19.6 Å². The van der Waals surface area contributed by atoms with E-state index in [-0.39, 0.29) is 29.6 Å². The molecule has 1 aliphatic carbocycles. The summed E-state index contributed by atoms with van der Waals surface area (Å²) in [5.74, 6) is 0.725. The van der Waals surface area contributed by atoms with Crippen LogP contribution in [0.5, 0.6) is 5.75 Å². The molecule has 2 fully saturated rings. The minimum Gasteiger partial charge on any atom is -0.497 e. The number of aromatic nitrogens is 1. The van der Waals surface area contributed by atoms with E-state index in [1.807, 2.05) is 47.4 Å². The second-order valence-electron chi connectivity index (χ2n) is 8.25. The molecule has 1 aromatic heterocycles. The topological polar surface area (TPSA) is 71.5 Å². The molecule has 2 heterocycles. The first kappa shape index (κ1) is 20.4. The number of nitrogens with zero attached hydrogens (tertiary/aromatic N) is 2. The van der Waals surface area contributed by atoms with Crippen LogP contribution >= 0.6 is 0 Å². The fraction of sp³-hybridized carbons (Fsp3) is 0.458. The van der Waals surface area contributed by atoms with Gasteiger partial charge in [0.25, 0.3) is 0 Å². The zero-order valence-electron chi connectivity index (χ0n) is 17.4. The Bertz CT molecular complexity index is 880. The first-order chi connectivity index (χ1) is 14.7. The molecule has 2 amide bonds. The number of hydrogen-bond acceptors (Lipinski definition) is 4. The smallest absolute Gasteiger partial charge is 0.225 e. The van der Waals surface area contributed by atoms with Crippen LogP contribution in [-0.2, 0) is 16.1 Å². The van der Waals surface area contributed by atoms with Crippen LogP contribution in [0.1, 0.15) is 42.9 Å². The average Bonchev–Trinajstić information content (AvgIpc) is 3.48. The molecule has 2 unspecified atom stereocenters. The van der Waals surface area contributed by atoms with Crippen LogP contribution in [0.2, 0.25) is 0 Å². The van der Waals surface area contributed by atoms with E-state index in [1.54, 1.807) is 13.3 Å². The van der Waals surface area contributed by atoms with Gasteiger partial charge in [-0.25, -0.2) is 0 Å². The molecular formula is C24H29N3O3. The van der Waals surface area contributed by atoms with E-state index in [9.17, 15) is 9.59 Å². The Labute approximate surface area is 177 Å². The van der Waals surface area contributed by atoms with E-state index in [2.05, 4.69) is 10.3 Å². The number of carbonyl (C=O) groups is 2. The number of amides is 2. The second kappa shape index (κ2) is 9.28. The summed E-state index contributed by atoms with van der Waals surface area (Å²) in [5.41, 5.74) is 1.86. The standard InChI is InChI=1S/C24H29N3O3/c1-30-20-11-6-9-18(13-20)21-15-27(24(29)17-7-2-3-8-17)16-22(21)23(28)26-14-19-10-4-5-12-25-19/h4-6,9-13,17,21-22H,2-3,7-8,14-16H2,1H3,(H,26,28). The summed E-state index contributed by atoms with van der Waals surface area (Å²) in [6, 6.07) is 13.5. The van der Waals surface area contributed by atoms with Crippen molar-refractivity contribution in [3.8, 4) is 5.75 Å². The molecule has 1 aliphatic heterocycles. The maximum atomic E-state index is 13.1. The van der Waals surface area contributed by atoms with Crippen LogP contribution in [0, 0.1) is 11.8 Å². The van der Waals surface area contributed by atoms with Crippen molar-refractivity contribution >= 4 is 11.8 Å². The van der Waals surface area contributed by atoms with Gasteiger partial charge in [-0.2, -0.15) is 0 Å². The zero-order valence-corrected chi connectivity index (χ0v) is 17.4. The van der Waals surface area contributed by atoms with Crippen molar-refractivity contribution in [2.24, 2.45) is 11.8 Å². The lowest BCUT2D eigenvalue weighted by atomic mass is 9.88. The zero-order chi connectivity index (χ0) is 20.9. The van der Waals surface area contributed by atoms with E-state index < -0.39 is 0 Å². The molecule has 4 rings (SSSR count). The summed E-state index contributed by atoms with van der Waals surface area (Å²) in [5, 5.41) is 3.03. The molecule has 1 saturated carbocycles. The minimum atomic E-state index is -0.286. The van der Waals surface area contributed by atoms with Gasteiger partial charge in [0, 0.05) is 31.1 Å². The molecular weight excluding hydrogens is 378 g/mol. The number of carbonyl (C=O) groups excluding carboxylic acids is 2. The molecule has 30 heavy (non-hydrogen) atoms. The minimum absolute atomic E-state index is 0.0322. The third-order valence-electron chi connectivity index (χ3n) is 6.36. The van der Waals surface area contributed by atoms with Crippen LogP contribution in [-0.4, -0.2) is 41.9 Å². The summed E-state index contributed by atoms with van der Waals surface area (Å²) in [4.78, 5) is 32.4. The summed E-state index contributed by atoms with van der Waals surface area (Å²) >= 11 is 0. The molecule has 0 radical (unpaired) electrons. The summed E-state index contributed by atoms with van der Waals surface area (Å²) in [6.45, 7) is 1.42. The number of benzene rings is 1. The molecule has 1 aromatic carbocycles. The Morgan fingerprint density at radius 1 is 1.13 bits per heavy atom. The highest BCUT2D eigenvalue weighted by Gasteiger charge is 2.42. The number of pyridine rings is 1. The number of rotatable bonds is 6. The van der Waals surface area contributed by atoms with Crippen molar-refractivity contribution in [2.45, 2.75) is 38.1 Å². The van der Waals surface area contributed by atoms with Crippen molar-refractivity contribution < 1.29 is 14.3 Å². The molecule has 0 bridgehead atoms. The SMILES string of the molecule is COc1cccc(C2CN(C(=O)C3CCCC3)CC2C(=O)NCc2ccccn2)c1. The quantitative estimate of drug-likeness (QED) is 0.799. The first-order valence-corrected chi connectivity index (χ1v) is 10.8. The number of ether oxygens (including phenoxy) is 1. The van der Waals surface area contributed by atoms with Gasteiger partial charge < -0.3 is 15.0 Å². The Morgan fingerprint density at radius 2 is 1.97 bits per heavy atom. The monoisotopic (exact) mass is 407 g/mol. The van der Waals surface area contributed by atoms with Crippen LogP contribution in [0.25, 0.3) is 0 Å². The van der Waals surface area contributed by atoms with Crippen molar-refractivity contribution in [1.82, 2.24) is 15.2 Å². The van der Waals surface area contributed by atoms with Gasteiger partial charge in [-0.1, -0.05) is 31.0 Å². The highest BCUT2D eigenvalue weighted by atomic mass is 16.5. The van der Waals surface area contributed by atoms with Crippen LogP contribution < -0.4 is 10.1 Å². The largest absolute Gasteiger partial charge is 0.497 e. The van der Waals surface area contributed by atoms with E-state index in [4.69, 9.17) is 4.74 Å². The Hall–Kier alpha value is -2.89. The normalized spacial score (nSPS) is 21.6. The predicted molar refractivity (Wildman–Crippen MR) is 114 cm³/mol. The first-order valence-electron chi connectivity index (χ1n) is 10.8. The maximum absolute atomic E-state index is 13.1. The molecule has 158 valence electrons. The van der Waals surface area contributed by atoms with Crippen molar-refractivity contribution in [1.29, 1.82) is 0 Å². The number of nitrogens with one attached hydrogen (secondary N) is 1. The van der Waals surface area contributed by atoms with E-state index >= 15 is 0 Å². The maximum Gasteiger partial charge on any atom is 0.225 e. The molecule has 6 heteroatoms. The average molecular weight is 408 g/mol. The fourth-order valence-electron chi connectivity index (χ4n) is 4.70. The Balaban J connectivity index is 1.52. The summed E-state index contributed by atoms with van der Waals surface area (Å²) in [7, 11) is 1.64. The van der Waals surface area contributed by atoms with Crippen LogP contribution in [0.3, 0.4) is 0 Å². The van der Waals surface area contributed by atoms with Gasteiger partial charge in [-0.3, -0.25) is 14.6 Å². The second-order valence-corrected chi connectivity index (χ2v) is 8.25. The third kappa shape index (κ3) is 4.48. The molecule has 1 N–H and O–H groups in total. The molecule has 0 spiro atoms. The van der Waals surface area contributed by atoms with Gasteiger partial charge in [0.05, 0.1) is 25.3 Å². The highest BCUT2D eigenvalue weighted by molar-refractivity contribution is 5.84. The summed E-state index contributed by atoms with van der Waals surface area (Å²) in [6.07, 6.45) is 5.90. The Morgan fingerprint density at radius 3 is 2.70 bits per heavy atom. The van der Waals surface area contributed by atoms with Gasteiger partial charge in [0.1, 0.15) is 5.75 Å². The van der Waals surface area contributed by atoms with Crippen molar-refractivity contribution in [2.75, 3.05) is 20.2 Å². The number of likely N-dealkylation sites (tertiary alicyclic amines) is 1. The van der Waals surface area contributed by atoms with Crippen LogP contribution in [0.15, 0.2) is 48.7 Å². The number of hydrogen-bond donors (Lipinski definition) is 1. The molecule has 2 atom stereocenters. The fourth-order valence-corrected chi connectivity index (χ4v) is 4.70. The predicted octanol–water partition coefficient (Wildman–Crippen LogP) is 3.14. The third-order valence-corrected chi connectivity index (χ3v) is 6.36. The van der Waals surface area contributed by atoms with Gasteiger partial charge in [0.2, 0.25) is 11.8 Å². The van der Waals surface area contributed by atoms with Gasteiger partial charge in [-0.05, 0) is 42.7 Å². The van der Waals surface area contributed by atoms with Crippen LogP contribution in [0.4, 0.5) is 0 Å². The van der Waals surface area contributed by atoms with E-state index in [1.165, 1.54) is 0 Å². The molecule has 1 saturated heterocycles. The summed E-state index contributed by atoms with van der Waals surface area (Å²) < 4.78 is 5.38. The Kier molecular flexibility index (Phi) is 6.31. The van der Waals surface area contributed by atoms with Gasteiger partial charge >= 0.3 is 0 Å². The van der Waals surface area contributed by atoms with Gasteiger partial charge in [0.15, 0.2) is 0 Å². The van der Waals surface area contributed by atoms with Crippen molar-refractivity contribution in [3.05, 3.63) is 59.9 Å². The molecule has 2 aromatic rings.